The number of fused-ring (bicyclic) bond motifs is 7. The molecule has 1 aliphatic rings. The Labute approximate surface area is 302 Å². The normalized spacial score (nSPS) is 12.2. The van der Waals surface area contributed by atoms with E-state index in [1.54, 1.807) is 0 Å². The number of thiophene rings is 1. The molecule has 3 nitrogen and oxygen atoms in total. The van der Waals surface area contributed by atoms with Gasteiger partial charge in [-0.2, -0.15) is 0 Å². The van der Waals surface area contributed by atoms with E-state index in [-0.39, 0.29) is 0 Å². The summed E-state index contributed by atoms with van der Waals surface area (Å²) in [5.41, 5.74) is 13.4. The molecule has 11 aromatic rings. The molecule has 0 fully saturated rings. The summed E-state index contributed by atoms with van der Waals surface area (Å²) in [4.78, 5) is 11.1. The average Bonchev–Trinajstić information content (AvgIpc) is 3.73. The summed E-state index contributed by atoms with van der Waals surface area (Å²) < 4.78 is 4.93. The molecule has 12 rings (SSSR count). The third kappa shape index (κ3) is 3.74. The Kier molecular flexibility index (Phi) is 5.65. The Morgan fingerprint density at radius 3 is 1.92 bits per heavy atom. The van der Waals surface area contributed by atoms with E-state index in [2.05, 4.69) is 168 Å². The first-order valence-corrected chi connectivity index (χ1v) is 18.5. The van der Waals surface area contributed by atoms with Crippen molar-refractivity contribution in [2.45, 2.75) is 0 Å². The van der Waals surface area contributed by atoms with Gasteiger partial charge >= 0.3 is 0 Å². The molecular formula is C48H27N3S. The zero-order chi connectivity index (χ0) is 33.9. The third-order valence-corrected chi connectivity index (χ3v) is 12.1. The minimum atomic E-state index is 0.837. The van der Waals surface area contributed by atoms with Gasteiger partial charge in [-0.15, -0.1) is 11.3 Å². The fraction of sp³-hybridized carbons (Fsp3) is 0. The van der Waals surface area contributed by atoms with Gasteiger partial charge in [0.2, 0.25) is 0 Å². The van der Waals surface area contributed by atoms with Crippen molar-refractivity contribution in [3.63, 3.8) is 0 Å². The SMILES string of the molecule is c1ccc(-c2cc3cccc4c3c3c5c(cccc5n(-c5nc6ccccc6nc5-c5cccc6c5sc5ccccc56)c23)-c2ccccc2-4)cc1. The van der Waals surface area contributed by atoms with Crippen LogP contribution in [-0.2, 0) is 0 Å². The standard InChI is InChI=1S/C48H27N3S/c1-2-13-28(14-3-1)37-27-29-15-10-19-33-30-16-4-5-17-31(30)34-20-12-25-40-43(34)44(42(29)33)46(37)51(40)48-45(49-38-23-7-8-24-39(38)50-48)36-22-11-21-35-32-18-6-9-26-41(32)52-47(35)36/h1-27H. The summed E-state index contributed by atoms with van der Waals surface area (Å²) in [6, 6.07) is 59.3. The number of aromatic nitrogens is 3. The molecule has 0 bridgehead atoms. The van der Waals surface area contributed by atoms with E-state index in [0.717, 1.165) is 39.1 Å². The zero-order valence-electron chi connectivity index (χ0n) is 27.8. The molecule has 1 aliphatic carbocycles. The van der Waals surface area contributed by atoms with Gasteiger partial charge in [0.15, 0.2) is 5.82 Å². The Hall–Kier alpha value is -6.62. The number of para-hydroxylation sites is 2. The third-order valence-electron chi connectivity index (χ3n) is 10.9. The van der Waals surface area contributed by atoms with Gasteiger partial charge in [0.1, 0.15) is 5.69 Å². The van der Waals surface area contributed by atoms with Crippen LogP contribution in [0.2, 0.25) is 0 Å². The maximum atomic E-state index is 5.59. The van der Waals surface area contributed by atoms with Crippen LogP contribution in [0, 0.1) is 0 Å². The molecule has 8 aromatic carbocycles. The summed E-state index contributed by atoms with van der Waals surface area (Å²) in [7, 11) is 0. The van der Waals surface area contributed by atoms with E-state index in [1.165, 1.54) is 75.1 Å². The highest BCUT2D eigenvalue weighted by molar-refractivity contribution is 7.26. The molecule has 0 radical (unpaired) electrons. The topological polar surface area (TPSA) is 30.7 Å². The predicted octanol–water partition coefficient (Wildman–Crippen LogP) is 13.2. The lowest BCUT2D eigenvalue weighted by atomic mass is 9.91. The van der Waals surface area contributed by atoms with Crippen molar-refractivity contribution in [1.29, 1.82) is 0 Å². The van der Waals surface area contributed by atoms with Gasteiger partial charge < -0.3 is 0 Å². The van der Waals surface area contributed by atoms with Gasteiger partial charge in [0, 0.05) is 42.1 Å². The van der Waals surface area contributed by atoms with Crippen molar-refractivity contribution < 1.29 is 0 Å². The molecule has 3 aromatic heterocycles. The molecule has 0 saturated heterocycles. The summed E-state index contributed by atoms with van der Waals surface area (Å²) in [5, 5.41) is 7.53. The second-order valence-electron chi connectivity index (χ2n) is 13.7. The number of hydrogen-bond acceptors (Lipinski definition) is 3. The average molecular weight is 678 g/mol. The maximum Gasteiger partial charge on any atom is 0.165 e. The molecule has 0 unspecified atom stereocenters. The van der Waals surface area contributed by atoms with Crippen molar-refractivity contribution in [2.75, 3.05) is 0 Å². The molecule has 0 spiro atoms. The molecule has 0 atom stereocenters. The van der Waals surface area contributed by atoms with Crippen molar-refractivity contribution >= 4 is 75.1 Å². The van der Waals surface area contributed by atoms with E-state index >= 15 is 0 Å². The molecule has 0 aliphatic heterocycles. The van der Waals surface area contributed by atoms with Crippen LogP contribution in [0.15, 0.2) is 164 Å². The molecule has 0 N–H and O–H groups in total. The van der Waals surface area contributed by atoms with Crippen molar-refractivity contribution in [2.24, 2.45) is 0 Å². The predicted molar refractivity (Wildman–Crippen MR) is 220 cm³/mol. The fourth-order valence-corrected chi connectivity index (χ4v) is 9.97. The Morgan fingerprint density at radius 1 is 0.442 bits per heavy atom. The molecule has 4 heteroatoms. The van der Waals surface area contributed by atoms with Crippen molar-refractivity contribution in [1.82, 2.24) is 14.5 Å². The van der Waals surface area contributed by atoms with Crippen LogP contribution in [-0.4, -0.2) is 14.5 Å². The lowest BCUT2D eigenvalue weighted by molar-refractivity contribution is 1.08. The van der Waals surface area contributed by atoms with E-state index < -0.39 is 0 Å². The number of hydrogen-bond donors (Lipinski definition) is 0. The van der Waals surface area contributed by atoms with Gasteiger partial charge in [-0.25, -0.2) is 9.97 Å². The van der Waals surface area contributed by atoms with E-state index in [4.69, 9.17) is 9.97 Å². The van der Waals surface area contributed by atoms with Gasteiger partial charge in [0.05, 0.1) is 22.1 Å². The highest BCUT2D eigenvalue weighted by Crippen LogP contribution is 2.52. The molecule has 0 amide bonds. The van der Waals surface area contributed by atoms with Gasteiger partial charge in [-0.3, -0.25) is 4.57 Å². The van der Waals surface area contributed by atoms with Crippen LogP contribution in [0.3, 0.4) is 0 Å². The zero-order valence-corrected chi connectivity index (χ0v) is 28.7. The van der Waals surface area contributed by atoms with Gasteiger partial charge in [0.25, 0.3) is 0 Å². The maximum absolute atomic E-state index is 5.59. The van der Waals surface area contributed by atoms with Crippen molar-refractivity contribution in [3.05, 3.63) is 164 Å². The highest BCUT2D eigenvalue weighted by atomic mass is 32.1. The van der Waals surface area contributed by atoms with Crippen LogP contribution in [0.5, 0.6) is 0 Å². The van der Waals surface area contributed by atoms with Crippen LogP contribution in [0.4, 0.5) is 0 Å². The highest BCUT2D eigenvalue weighted by Gasteiger charge is 2.29. The number of benzene rings is 8. The fourth-order valence-electron chi connectivity index (χ4n) is 8.75. The van der Waals surface area contributed by atoms with E-state index in [9.17, 15) is 0 Å². The second kappa shape index (κ2) is 10.5. The Balaban J connectivity index is 1.33. The number of nitrogens with zero attached hydrogens (tertiary/aromatic N) is 3. The monoisotopic (exact) mass is 677 g/mol. The first kappa shape index (κ1) is 28.1. The van der Waals surface area contributed by atoms with E-state index in [0.29, 0.717) is 0 Å². The molecule has 52 heavy (non-hydrogen) atoms. The summed E-state index contributed by atoms with van der Waals surface area (Å²) in [6.07, 6.45) is 0. The summed E-state index contributed by atoms with van der Waals surface area (Å²) in [5.74, 6) is 0.837. The van der Waals surface area contributed by atoms with Crippen LogP contribution in [0.1, 0.15) is 0 Å². The largest absolute Gasteiger partial charge is 0.291 e. The minimum absolute atomic E-state index is 0.837. The lowest BCUT2D eigenvalue weighted by Gasteiger charge is -2.18. The number of rotatable bonds is 3. The first-order chi connectivity index (χ1) is 25.8. The second-order valence-corrected chi connectivity index (χ2v) is 14.7. The Morgan fingerprint density at radius 2 is 1.08 bits per heavy atom. The molecule has 240 valence electrons. The smallest absolute Gasteiger partial charge is 0.165 e. The summed E-state index contributed by atoms with van der Waals surface area (Å²) >= 11 is 1.83. The minimum Gasteiger partial charge on any atom is -0.291 e. The Bertz CT molecular complexity index is 3300. The first-order valence-electron chi connectivity index (χ1n) is 17.7. The van der Waals surface area contributed by atoms with Crippen molar-refractivity contribution in [3.8, 4) is 50.5 Å². The molecule has 0 saturated carbocycles. The van der Waals surface area contributed by atoms with Gasteiger partial charge in [-0.1, -0.05) is 133 Å². The molecule has 3 heterocycles. The van der Waals surface area contributed by atoms with Crippen LogP contribution in [0.25, 0.3) is 114 Å². The van der Waals surface area contributed by atoms with Gasteiger partial charge in [-0.05, 0) is 68.9 Å². The summed E-state index contributed by atoms with van der Waals surface area (Å²) in [6.45, 7) is 0. The molecular weight excluding hydrogens is 651 g/mol. The lowest BCUT2D eigenvalue weighted by Crippen LogP contribution is -2.05. The van der Waals surface area contributed by atoms with Crippen LogP contribution < -0.4 is 0 Å². The van der Waals surface area contributed by atoms with E-state index in [1.807, 2.05) is 11.3 Å². The van der Waals surface area contributed by atoms with Crippen LogP contribution >= 0.6 is 11.3 Å². The quantitative estimate of drug-likeness (QED) is 0.186.